The first kappa shape index (κ1) is 18.2. The highest BCUT2D eigenvalue weighted by molar-refractivity contribution is 6.42. The predicted molar refractivity (Wildman–Crippen MR) is 99.6 cm³/mol. The van der Waals surface area contributed by atoms with Gasteiger partial charge in [-0.3, -0.25) is 4.79 Å². The van der Waals surface area contributed by atoms with Gasteiger partial charge < -0.3 is 9.26 Å². The van der Waals surface area contributed by atoms with Crippen LogP contribution in [0.25, 0.3) is 6.08 Å². The van der Waals surface area contributed by atoms with Gasteiger partial charge in [-0.25, -0.2) is 0 Å². The smallest absolute Gasteiger partial charge is 0.223 e. The summed E-state index contributed by atoms with van der Waals surface area (Å²) in [6, 6.07) is 12.1. The van der Waals surface area contributed by atoms with Gasteiger partial charge >= 0.3 is 0 Å². The van der Waals surface area contributed by atoms with Crippen molar-refractivity contribution in [2.75, 3.05) is 0 Å². The summed E-state index contributed by atoms with van der Waals surface area (Å²) in [7, 11) is 0. The van der Waals surface area contributed by atoms with Gasteiger partial charge in [0.05, 0.1) is 10.0 Å². The van der Waals surface area contributed by atoms with E-state index in [9.17, 15) is 4.79 Å². The Morgan fingerprint density at radius 1 is 1.15 bits per heavy atom. The Bertz CT molecular complexity index is 950. The molecule has 26 heavy (non-hydrogen) atoms. The Hall–Kier alpha value is -2.63. The molecular weight excluding hydrogens is 375 g/mol. The molecule has 1 heterocycles. The minimum atomic E-state index is -0.156. The molecule has 0 N–H and O–H groups in total. The van der Waals surface area contributed by atoms with E-state index < -0.39 is 0 Å². The number of nitrogens with zero attached hydrogens (tertiary/aromatic N) is 2. The second-order valence-electron chi connectivity index (χ2n) is 5.41. The third-order valence-corrected chi connectivity index (χ3v) is 4.19. The van der Waals surface area contributed by atoms with Crippen LogP contribution in [-0.4, -0.2) is 15.9 Å². The maximum Gasteiger partial charge on any atom is 0.223 e. The largest absolute Gasteiger partial charge is 0.485 e. The van der Waals surface area contributed by atoms with E-state index in [1.165, 1.54) is 6.08 Å². The minimum absolute atomic E-state index is 0.156. The van der Waals surface area contributed by atoms with Gasteiger partial charge in [-0.15, -0.1) is 0 Å². The summed E-state index contributed by atoms with van der Waals surface area (Å²) >= 11 is 11.8. The number of ether oxygens (including phenoxy) is 1. The lowest BCUT2D eigenvalue weighted by molar-refractivity contribution is 0.104. The maximum atomic E-state index is 12.2. The van der Waals surface area contributed by atoms with Crippen molar-refractivity contribution >= 4 is 35.1 Å². The molecule has 1 aromatic heterocycles. The Morgan fingerprint density at radius 2 is 1.92 bits per heavy atom. The van der Waals surface area contributed by atoms with E-state index in [1.807, 2.05) is 12.1 Å². The van der Waals surface area contributed by atoms with Crippen LogP contribution in [-0.2, 0) is 6.61 Å². The topological polar surface area (TPSA) is 65.2 Å². The lowest BCUT2D eigenvalue weighted by Crippen LogP contribution is -1.97. The van der Waals surface area contributed by atoms with Crippen molar-refractivity contribution in [3.63, 3.8) is 0 Å². The van der Waals surface area contributed by atoms with Crippen LogP contribution >= 0.6 is 23.2 Å². The highest BCUT2D eigenvalue weighted by Gasteiger charge is 2.06. The molecule has 0 aliphatic rings. The second kappa shape index (κ2) is 8.17. The van der Waals surface area contributed by atoms with Gasteiger partial charge in [-0.2, -0.15) is 4.98 Å². The summed E-state index contributed by atoms with van der Waals surface area (Å²) in [6.07, 6.45) is 3.20. The molecule has 0 aliphatic heterocycles. The molecule has 7 heteroatoms. The fraction of sp³-hybridized carbons (Fsp3) is 0.105. The molecule has 0 saturated carbocycles. The molecule has 0 unspecified atom stereocenters. The monoisotopic (exact) mass is 388 g/mol. The normalized spacial score (nSPS) is 11.0. The van der Waals surface area contributed by atoms with E-state index in [0.29, 0.717) is 33.1 Å². The number of rotatable bonds is 6. The number of hydrogen-bond donors (Lipinski definition) is 0. The summed E-state index contributed by atoms with van der Waals surface area (Å²) in [5.74, 6) is 1.49. The third-order valence-electron chi connectivity index (χ3n) is 3.45. The zero-order valence-corrected chi connectivity index (χ0v) is 15.3. The highest BCUT2D eigenvalue weighted by Crippen LogP contribution is 2.23. The number of carbonyl (C=O) groups is 1. The molecule has 3 aromatic rings. The summed E-state index contributed by atoms with van der Waals surface area (Å²) < 4.78 is 10.5. The van der Waals surface area contributed by atoms with Crippen molar-refractivity contribution in [3.05, 3.63) is 81.4 Å². The summed E-state index contributed by atoms with van der Waals surface area (Å²) in [5, 5.41) is 4.53. The number of carbonyl (C=O) groups excluding carboxylic acids is 1. The number of allylic oxidation sites excluding steroid dienone is 1. The van der Waals surface area contributed by atoms with Crippen LogP contribution in [0.1, 0.15) is 27.6 Å². The first-order valence-corrected chi connectivity index (χ1v) is 8.46. The molecule has 0 radical (unpaired) electrons. The molecule has 0 bridgehead atoms. The molecular formula is C19H14Cl2N2O3. The van der Waals surface area contributed by atoms with Gasteiger partial charge in [-0.05, 0) is 42.0 Å². The summed E-state index contributed by atoms with van der Waals surface area (Å²) in [5.41, 5.74) is 1.34. The lowest BCUT2D eigenvalue weighted by atomic mass is 10.1. The Labute approximate surface area is 160 Å². The molecule has 0 saturated heterocycles. The number of halogens is 2. The minimum Gasteiger partial charge on any atom is -0.485 e. The van der Waals surface area contributed by atoms with Gasteiger partial charge in [0.25, 0.3) is 0 Å². The Balaban J connectivity index is 1.60. The van der Waals surface area contributed by atoms with Gasteiger partial charge in [0.15, 0.2) is 12.4 Å². The van der Waals surface area contributed by atoms with Crippen LogP contribution < -0.4 is 4.74 Å². The SMILES string of the molecule is Cc1nc(COc2ccc(/C=C/C(=O)c3ccc(Cl)c(Cl)c3)cc2)no1. The molecule has 2 aromatic carbocycles. The predicted octanol–water partition coefficient (Wildman–Crippen LogP) is 5.16. The Morgan fingerprint density at radius 3 is 2.58 bits per heavy atom. The first-order chi connectivity index (χ1) is 12.5. The number of aryl methyl sites for hydroxylation is 1. The van der Waals surface area contributed by atoms with Gasteiger partial charge in [0.1, 0.15) is 5.75 Å². The number of ketones is 1. The number of benzene rings is 2. The zero-order valence-electron chi connectivity index (χ0n) is 13.8. The van der Waals surface area contributed by atoms with Crippen molar-refractivity contribution in [2.24, 2.45) is 0 Å². The number of hydrogen-bond acceptors (Lipinski definition) is 5. The Kier molecular flexibility index (Phi) is 5.71. The van der Waals surface area contributed by atoms with Crippen molar-refractivity contribution < 1.29 is 14.1 Å². The van der Waals surface area contributed by atoms with E-state index in [4.69, 9.17) is 32.5 Å². The molecule has 0 fully saturated rings. The quantitative estimate of drug-likeness (QED) is 0.430. The molecule has 0 aliphatic carbocycles. The molecule has 0 amide bonds. The molecule has 0 spiro atoms. The zero-order chi connectivity index (χ0) is 18.5. The lowest BCUT2D eigenvalue weighted by Gasteiger charge is -2.03. The van der Waals surface area contributed by atoms with E-state index in [0.717, 1.165) is 5.56 Å². The van der Waals surface area contributed by atoms with Crippen LogP contribution in [0.4, 0.5) is 0 Å². The van der Waals surface area contributed by atoms with Crippen LogP contribution in [0.3, 0.4) is 0 Å². The standard InChI is InChI=1S/C19H14Cl2N2O3/c1-12-22-19(23-26-12)11-25-15-6-2-13(3-7-15)4-9-18(24)14-5-8-16(20)17(21)10-14/h2-10H,11H2,1H3/b9-4+. The fourth-order valence-corrected chi connectivity index (χ4v) is 2.44. The van der Waals surface area contributed by atoms with Crippen LogP contribution in [0.15, 0.2) is 53.1 Å². The van der Waals surface area contributed by atoms with Crippen molar-refractivity contribution in [1.29, 1.82) is 0 Å². The summed E-state index contributed by atoms with van der Waals surface area (Å²) in [4.78, 5) is 16.2. The maximum absolute atomic E-state index is 12.2. The highest BCUT2D eigenvalue weighted by atomic mass is 35.5. The van der Waals surface area contributed by atoms with Crippen LogP contribution in [0, 0.1) is 6.92 Å². The van der Waals surface area contributed by atoms with E-state index in [2.05, 4.69) is 10.1 Å². The van der Waals surface area contributed by atoms with E-state index in [-0.39, 0.29) is 12.4 Å². The molecule has 5 nitrogen and oxygen atoms in total. The van der Waals surface area contributed by atoms with E-state index >= 15 is 0 Å². The van der Waals surface area contributed by atoms with Gasteiger partial charge in [-0.1, -0.05) is 46.6 Å². The van der Waals surface area contributed by atoms with Crippen molar-refractivity contribution in [3.8, 4) is 5.75 Å². The fourth-order valence-electron chi connectivity index (χ4n) is 2.14. The second-order valence-corrected chi connectivity index (χ2v) is 6.23. The van der Waals surface area contributed by atoms with Crippen molar-refractivity contribution in [1.82, 2.24) is 10.1 Å². The van der Waals surface area contributed by atoms with Crippen LogP contribution in [0.2, 0.25) is 10.0 Å². The van der Waals surface area contributed by atoms with Crippen molar-refractivity contribution in [2.45, 2.75) is 13.5 Å². The molecule has 0 atom stereocenters. The van der Waals surface area contributed by atoms with E-state index in [1.54, 1.807) is 43.3 Å². The number of aromatic nitrogens is 2. The average molecular weight is 389 g/mol. The molecule has 3 rings (SSSR count). The average Bonchev–Trinajstić information content (AvgIpc) is 3.06. The third kappa shape index (κ3) is 4.71. The summed E-state index contributed by atoms with van der Waals surface area (Å²) in [6.45, 7) is 1.94. The molecule has 132 valence electrons. The van der Waals surface area contributed by atoms with Gasteiger partial charge in [0.2, 0.25) is 11.7 Å². The first-order valence-electron chi connectivity index (χ1n) is 7.71. The van der Waals surface area contributed by atoms with Gasteiger partial charge in [0, 0.05) is 12.5 Å². The van der Waals surface area contributed by atoms with Crippen LogP contribution in [0.5, 0.6) is 5.75 Å².